The number of rotatable bonds is 5. The maximum Gasteiger partial charge on any atom is 0.237 e. The standard InChI is InChI=1S/C18H28N4O3/c23-16(21-7-1-2-8-21)6-5-14-10-19-18(25)15-9-13(11-22(14)15)20-17(24)12-3-4-12/h12-15H,1-11H2,(H,19,25)(H,20,24)/t13-,14+,15-/m0/s1. The van der Waals surface area contributed by atoms with Crippen LogP contribution in [0.5, 0.6) is 0 Å². The van der Waals surface area contributed by atoms with E-state index in [0.717, 1.165) is 51.7 Å². The van der Waals surface area contributed by atoms with Gasteiger partial charge in [-0.25, -0.2) is 0 Å². The second-order valence-electron chi connectivity index (χ2n) is 7.95. The molecule has 3 aliphatic heterocycles. The molecule has 1 saturated carbocycles. The molecule has 3 amide bonds. The highest BCUT2D eigenvalue weighted by molar-refractivity contribution is 5.84. The third kappa shape index (κ3) is 3.66. The van der Waals surface area contributed by atoms with Crippen molar-refractivity contribution in [3.8, 4) is 0 Å². The highest BCUT2D eigenvalue weighted by Crippen LogP contribution is 2.31. The normalized spacial score (nSPS) is 32.4. The lowest BCUT2D eigenvalue weighted by atomic mass is 10.0. The largest absolute Gasteiger partial charge is 0.353 e. The van der Waals surface area contributed by atoms with Crippen LogP contribution in [0.15, 0.2) is 0 Å². The molecule has 138 valence electrons. The van der Waals surface area contributed by atoms with Gasteiger partial charge in [0.25, 0.3) is 0 Å². The van der Waals surface area contributed by atoms with Gasteiger partial charge in [-0.3, -0.25) is 19.3 Å². The molecule has 0 aromatic heterocycles. The Hall–Kier alpha value is -1.63. The van der Waals surface area contributed by atoms with E-state index in [0.29, 0.717) is 19.4 Å². The number of nitrogens with zero attached hydrogens (tertiary/aromatic N) is 2. The van der Waals surface area contributed by atoms with E-state index in [2.05, 4.69) is 15.5 Å². The van der Waals surface area contributed by atoms with E-state index in [1.807, 2.05) is 4.90 Å². The fourth-order valence-electron chi connectivity index (χ4n) is 4.43. The van der Waals surface area contributed by atoms with Gasteiger partial charge in [-0.1, -0.05) is 0 Å². The molecule has 0 radical (unpaired) electrons. The Kier molecular flexibility index (Phi) is 4.67. The number of nitrogens with one attached hydrogen (secondary N) is 2. The van der Waals surface area contributed by atoms with Crippen LogP contribution in [0, 0.1) is 5.92 Å². The Morgan fingerprint density at radius 3 is 2.68 bits per heavy atom. The zero-order valence-electron chi connectivity index (χ0n) is 14.7. The summed E-state index contributed by atoms with van der Waals surface area (Å²) >= 11 is 0. The Bertz CT molecular complexity index is 557. The summed E-state index contributed by atoms with van der Waals surface area (Å²) in [5.74, 6) is 0.639. The summed E-state index contributed by atoms with van der Waals surface area (Å²) in [5, 5.41) is 6.10. The predicted octanol–water partition coefficient (Wildman–Crippen LogP) is -0.143. The zero-order chi connectivity index (χ0) is 17.4. The molecule has 4 fully saturated rings. The molecule has 7 nitrogen and oxygen atoms in total. The lowest BCUT2D eigenvalue weighted by molar-refractivity contribution is -0.131. The molecule has 0 aromatic carbocycles. The zero-order valence-corrected chi connectivity index (χ0v) is 14.7. The quantitative estimate of drug-likeness (QED) is 0.724. The predicted molar refractivity (Wildman–Crippen MR) is 91.6 cm³/mol. The first kappa shape index (κ1) is 16.8. The summed E-state index contributed by atoms with van der Waals surface area (Å²) in [4.78, 5) is 40.7. The van der Waals surface area contributed by atoms with Crippen molar-refractivity contribution >= 4 is 17.7 Å². The van der Waals surface area contributed by atoms with Gasteiger partial charge in [-0.05, 0) is 38.5 Å². The van der Waals surface area contributed by atoms with Crippen molar-refractivity contribution in [2.24, 2.45) is 5.92 Å². The van der Waals surface area contributed by atoms with Gasteiger partial charge < -0.3 is 15.5 Å². The van der Waals surface area contributed by atoms with Crippen LogP contribution in [0.2, 0.25) is 0 Å². The van der Waals surface area contributed by atoms with Gasteiger partial charge in [-0.15, -0.1) is 0 Å². The monoisotopic (exact) mass is 348 g/mol. The number of carbonyl (C=O) groups is 3. The van der Waals surface area contributed by atoms with Crippen molar-refractivity contribution in [3.05, 3.63) is 0 Å². The maximum atomic E-state index is 12.3. The topological polar surface area (TPSA) is 81.8 Å². The lowest BCUT2D eigenvalue weighted by Gasteiger charge is -2.37. The molecule has 4 aliphatic rings. The van der Waals surface area contributed by atoms with Crippen LogP contribution in [0.4, 0.5) is 0 Å². The van der Waals surface area contributed by atoms with Gasteiger partial charge in [0.15, 0.2) is 0 Å². The van der Waals surface area contributed by atoms with Crippen molar-refractivity contribution in [3.63, 3.8) is 0 Å². The molecule has 3 atom stereocenters. The van der Waals surface area contributed by atoms with Crippen LogP contribution in [0.1, 0.15) is 44.9 Å². The third-order valence-corrected chi connectivity index (χ3v) is 6.07. The van der Waals surface area contributed by atoms with E-state index in [1.54, 1.807) is 0 Å². The minimum Gasteiger partial charge on any atom is -0.353 e. The Balaban J connectivity index is 1.32. The van der Waals surface area contributed by atoms with E-state index in [1.165, 1.54) is 0 Å². The van der Waals surface area contributed by atoms with E-state index in [-0.39, 0.29) is 41.8 Å². The smallest absolute Gasteiger partial charge is 0.237 e. The van der Waals surface area contributed by atoms with Crippen molar-refractivity contribution < 1.29 is 14.4 Å². The first-order chi connectivity index (χ1) is 12.1. The second-order valence-corrected chi connectivity index (χ2v) is 7.95. The number of hydrogen-bond acceptors (Lipinski definition) is 4. The van der Waals surface area contributed by atoms with Crippen LogP contribution >= 0.6 is 0 Å². The summed E-state index contributed by atoms with van der Waals surface area (Å²) < 4.78 is 0. The maximum absolute atomic E-state index is 12.3. The van der Waals surface area contributed by atoms with Crippen LogP contribution in [0.3, 0.4) is 0 Å². The average molecular weight is 348 g/mol. The Labute approximate surface area is 148 Å². The van der Waals surface area contributed by atoms with Crippen LogP contribution in [-0.2, 0) is 14.4 Å². The number of fused-ring (bicyclic) bond motifs is 1. The summed E-state index contributed by atoms with van der Waals surface area (Å²) in [6.07, 6.45) is 6.21. The van der Waals surface area contributed by atoms with Gasteiger partial charge in [0.05, 0.1) is 6.04 Å². The SMILES string of the molecule is O=C(N[C@H]1C[C@H]2C(=O)NC[C@@H](CCC(=O)N3CCCC3)N2C1)C1CC1. The highest BCUT2D eigenvalue weighted by atomic mass is 16.2. The molecule has 0 aromatic rings. The third-order valence-electron chi connectivity index (χ3n) is 6.07. The molecule has 25 heavy (non-hydrogen) atoms. The van der Waals surface area contributed by atoms with Crippen molar-refractivity contribution in [1.29, 1.82) is 0 Å². The Morgan fingerprint density at radius 1 is 1.20 bits per heavy atom. The number of carbonyl (C=O) groups excluding carboxylic acids is 3. The molecular weight excluding hydrogens is 320 g/mol. The average Bonchev–Trinajstić information content (AvgIpc) is 3.14. The van der Waals surface area contributed by atoms with E-state index in [4.69, 9.17) is 0 Å². The number of likely N-dealkylation sites (tertiary alicyclic amines) is 1. The molecule has 0 bridgehead atoms. The molecule has 0 unspecified atom stereocenters. The van der Waals surface area contributed by atoms with E-state index >= 15 is 0 Å². The fourth-order valence-corrected chi connectivity index (χ4v) is 4.43. The van der Waals surface area contributed by atoms with Gasteiger partial charge in [0.1, 0.15) is 0 Å². The van der Waals surface area contributed by atoms with E-state index in [9.17, 15) is 14.4 Å². The second kappa shape index (κ2) is 6.94. The summed E-state index contributed by atoms with van der Waals surface area (Å²) in [6.45, 7) is 3.11. The lowest BCUT2D eigenvalue weighted by Crippen LogP contribution is -2.58. The minimum absolute atomic E-state index is 0.0544. The van der Waals surface area contributed by atoms with Gasteiger partial charge in [0.2, 0.25) is 17.7 Å². The molecule has 2 N–H and O–H groups in total. The highest BCUT2D eigenvalue weighted by Gasteiger charge is 2.44. The summed E-state index contributed by atoms with van der Waals surface area (Å²) in [6, 6.07) is 0.0842. The molecular formula is C18H28N4O3. The molecule has 1 aliphatic carbocycles. The van der Waals surface area contributed by atoms with Crippen molar-refractivity contribution in [1.82, 2.24) is 20.4 Å². The van der Waals surface area contributed by atoms with Crippen molar-refractivity contribution in [2.75, 3.05) is 26.2 Å². The van der Waals surface area contributed by atoms with Gasteiger partial charge >= 0.3 is 0 Å². The summed E-state index contributed by atoms with van der Waals surface area (Å²) in [7, 11) is 0. The van der Waals surface area contributed by atoms with Crippen LogP contribution in [0.25, 0.3) is 0 Å². The number of hydrogen-bond donors (Lipinski definition) is 2. The van der Waals surface area contributed by atoms with Gasteiger partial charge in [0, 0.05) is 50.6 Å². The molecule has 7 heteroatoms. The number of piperazine rings is 1. The fraction of sp³-hybridized carbons (Fsp3) is 0.833. The van der Waals surface area contributed by atoms with Gasteiger partial charge in [-0.2, -0.15) is 0 Å². The minimum atomic E-state index is -0.162. The first-order valence-electron chi connectivity index (χ1n) is 9.73. The molecule has 3 heterocycles. The molecule has 0 spiro atoms. The van der Waals surface area contributed by atoms with Crippen LogP contribution < -0.4 is 10.6 Å². The van der Waals surface area contributed by atoms with Crippen molar-refractivity contribution in [2.45, 2.75) is 63.1 Å². The summed E-state index contributed by atoms with van der Waals surface area (Å²) in [5.41, 5.74) is 0. The number of amides is 3. The Morgan fingerprint density at radius 2 is 1.96 bits per heavy atom. The first-order valence-corrected chi connectivity index (χ1v) is 9.73. The van der Waals surface area contributed by atoms with E-state index < -0.39 is 0 Å². The molecule has 3 saturated heterocycles. The molecule has 4 rings (SSSR count). The van der Waals surface area contributed by atoms with Crippen LogP contribution in [-0.4, -0.2) is 71.8 Å².